The minimum Gasteiger partial charge on any atom is -0.337 e. The van der Waals surface area contributed by atoms with E-state index in [1.807, 2.05) is 0 Å². The van der Waals surface area contributed by atoms with Gasteiger partial charge in [0.15, 0.2) is 0 Å². The van der Waals surface area contributed by atoms with Crippen molar-refractivity contribution in [3.8, 4) is 0 Å². The van der Waals surface area contributed by atoms with Gasteiger partial charge in [-0.15, -0.1) is 0 Å². The molecule has 0 aliphatic carbocycles. The van der Waals surface area contributed by atoms with Crippen LogP contribution in [0.2, 0.25) is 0 Å². The maximum atomic E-state index is 10.9. The summed E-state index contributed by atoms with van der Waals surface area (Å²) in [6, 6.07) is 0. The van der Waals surface area contributed by atoms with Gasteiger partial charge in [0.1, 0.15) is 0 Å². The molecule has 0 aromatic rings. The van der Waals surface area contributed by atoms with E-state index in [9.17, 15) is 13.2 Å². The van der Waals surface area contributed by atoms with E-state index in [0.717, 1.165) is 4.31 Å². The summed E-state index contributed by atoms with van der Waals surface area (Å²) in [5, 5.41) is 0. The molecule has 0 spiro atoms. The average Bonchev–Trinajstić information content (AvgIpc) is 1.89. The minimum absolute atomic E-state index is 0. The fourth-order valence-electron chi connectivity index (χ4n) is 0.650. The van der Waals surface area contributed by atoms with E-state index in [4.69, 9.17) is 0 Å². The molecule has 0 unspecified atom stereocenters. The minimum atomic E-state index is -3.81. The summed E-state index contributed by atoms with van der Waals surface area (Å²) in [5.41, 5.74) is 0. The molecule has 0 bridgehead atoms. The van der Waals surface area contributed by atoms with Crippen LogP contribution in [0.15, 0.2) is 0 Å². The normalized spacial score (nSPS) is 10.6. The number of hydrogen-bond acceptors (Lipinski definition) is 4. The third-order valence-electron chi connectivity index (χ3n) is 1.18. The summed E-state index contributed by atoms with van der Waals surface area (Å²) < 4.78 is 26.7. The molecule has 0 saturated carbocycles. The first-order valence-electron chi connectivity index (χ1n) is 3.20. The first kappa shape index (κ1) is 14.5. The Kier molecular flexibility index (Phi) is 7.88. The largest absolute Gasteiger partial charge is 0.387 e. The van der Waals surface area contributed by atoms with Crippen LogP contribution in [0.25, 0.3) is 0 Å². The van der Waals surface area contributed by atoms with Crippen molar-refractivity contribution in [1.29, 1.82) is 0 Å². The van der Waals surface area contributed by atoms with Crippen LogP contribution in [0.3, 0.4) is 0 Å². The van der Waals surface area contributed by atoms with Crippen LogP contribution in [0.4, 0.5) is 0 Å². The molecule has 0 aliphatic rings. The first-order valence-corrected chi connectivity index (χ1v) is 4.57. The second-order valence-electron chi connectivity index (χ2n) is 1.73. The first-order chi connectivity index (χ1) is 5.08. The molecule has 68 valence electrons. The van der Waals surface area contributed by atoms with Gasteiger partial charge in [0.25, 0.3) is 0 Å². The molecule has 0 atom stereocenters. The molecule has 0 N–H and O–H groups in total. The maximum absolute atomic E-state index is 10.9. The molecule has 0 rings (SSSR count). The van der Waals surface area contributed by atoms with E-state index in [2.05, 4.69) is 4.18 Å². The number of rotatable bonds is 5. The number of carbonyl (C=O) groups excluding carboxylic acids is 1. The van der Waals surface area contributed by atoms with Gasteiger partial charge in [-0.2, -0.15) is 12.7 Å². The Labute approximate surface area is 85.1 Å². The van der Waals surface area contributed by atoms with Crippen molar-refractivity contribution in [3.05, 3.63) is 0 Å². The molecule has 5 nitrogen and oxygen atoms in total. The Morgan fingerprint density at radius 1 is 1.33 bits per heavy atom. The van der Waals surface area contributed by atoms with Gasteiger partial charge in [0, 0.05) is 32.6 Å². The van der Waals surface area contributed by atoms with Crippen LogP contribution in [0.5, 0.6) is 0 Å². The molecule has 0 saturated heterocycles. The van der Waals surface area contributed by atoms with Crippen molar-refractivity contribution in [1.82, 2.24) is 4.31 Å². The summed E-state index contributed by atoms with van der Waals surface area (Å²) in [4.78, 5) is 9.73. The van der Waals surface area contributed by atoms with Gasteiger partial charge in [-0.3, -0.25) is 4.79 Å². The SMILES string of the molecule is CCN(CC)S(=O)(=O)OC=O.[Zn]. The average molecular weight is 247 g/mol. The van der Waals surface area contributed by atoms with Gasteiger partial charge in [0.2, 0.25) is 0 Å². The third-order valence-corrected chi connectivity index (χ3v) is 2.65. The maximum Gasteiger partial charge on any atom is 0.387 e. The van der Waals surface area contributed by atoms with Gasteiger partial charge < -0.3 is 4.18 Å². The Morgan fingerprint density at radius 3 is 2.00 bits per heavy atom. The Morgan fingerprint density at radius 2 is 1.75 bits per heavy atom. The molecular weight excluding hydrogens is 236 g/mol. The van der Waals surface area contributed by atoms with E-state index in [-0.39, 0.29) is 26.0 Å². The zero-order chi connectivity index (χ0) is 8.91. The van der Waals surface area contributed by atoms with Crippen molar-refractivity contribution in [3.63, 3.8) is 0 Å². The number of hydrogen-bond donors (Lipinski definition) is 0. The van der Waals surface area contributed by atoms with Crippen molar-refractivity contribution >= 4 is 16.8 Å². The second kappa shape index (κ2) is 6.51. The Bertz CT molecular complexity index is 211. The summed E-state index contributed by atoms with van der Waals surface area (Å²) in [6.07, 6.45) is 0. The smallest absolute Gasteiger partial charge is 0.337 e. The van der Waals surface area contributed by atoms with Crippen molar-refractivity contribution in [2.45, 2.75) is 13.8 Å². The van der Waals surface area contributed by atoms with E-state index in [1.54, 1.807) is 13.8 Å². The van der Waals surface area contributed by atoms with Gasteiger partial charge in [-0.05, 0) is 0 Å². The van der Waals surface area contributed by atoms with Crippen LogP contribution < -0.4 is 0 Å². The van der Waals surface area contributed by atoms with E-state index in [1.165, 1.54) is 0 Å². The van der Waals surface area contributed by atoms with E-state index in [0.29, 0.717) is 13.1 Å². The quantitative estimate of drug-likeness (QED) is 0.495. The van der Waals surface area contributed by atoms with Crippen molar-refractivity contribution in [2.24, 2.45) is 0 Å². The predicted molar refractivity (Wildman–Crippen MR) is 39.0 cm³/mol. The molecule has 0 aromatic heterocycles. The van der Waals surface area contributed by atoms with Gasteiger partial charge >= 0.3 is 16.8 Å². The molecule has 0 fully saturated rings. The summed E-state index contributed by atoms with van der Waals surface area (Å²) >= 11 is 0. The predicted octanol–water partition coefficient (Wildman–Crippen LogP) is -0.256. The van der Waals surface area contributed by atoms with Gasteiger partial charge in [-0.1, -0.05) is 13.8 Å². The zero-order valence-corrected chi connectivity index (χ0v) is 11.0. The van der Waals surface area contributed by atoms with Crippen LogP contribution >= 0.6 is 0 Å². The van der Waals surface area contributed by atoms with E-state index >= 15 is 0 Å². The second-order valence-corrected chi connectivity index (χ2v) is 3.30. The van der Waals surface area contributed by atoms with Crippen molar-refractivity contribution in [2.75, 3.05) is 13.1 Å². The molecule has 7 heteroatoms. The molecule has 0 aliphatic heterocycles. The number of nitrogens with zero attached hydrogens (tertiary/aromatic N) is 1. The van der Waals surface area contributed by atoms with E-state index < -0.39 is 10.3 Å². The van der Waals surface area contributed by atoms with Gasteiger partial charge in [0.05, 0.1) is 0 Å². The summed E-state index contributed by atoms with van der Waals surface area (Å²) in [7, 11) is -3.81. The number of carbonyl (C=O) groups is 1. The molecule has 0 radical (unpaired) electrons. The van der Waals surface area contributed by atoms with Crippen LogP contribution in [0, 0.1) is 0 Å². The summed E-state index contributed by atoms with van der Waals surface area (Å²) in [6.45, 7) is 3.83. The fraction of sp³-hybridized carbons (Fsp3) is 0.800. The van der Waals surface area contributed by atoms with Crippen molar-refractivity contribution < 1.29 is 36.9 Å². The molecular formula is C5H11NO4SZn. The third kappa shape index (κ3) is 4.14. The molecule has 0 heterocycles. The molecule has 12 heavy (non-hydrogen) atoms. The topological polar surface area (TPSA) is 63.7 Å². The molecule has 0 aromatic carbocycles. The van der Waals surface area contributed by atoms with Crippen LogP contribution in [-0.4, -0.2) is 32.3 Å². The zero-order valence-electron chi connectivity index (χ0n) is 7.19. The van der Waals surface area contributed by atoms with Crippen LogP contribution in [0.1, 0.15) is 13.8 Å². The standard InChI is InChI=1S/C5H11NO4S.Zn/c1-3-6(4-2)11(8,9)10-5-7;/h5H,3-4H2,1-2H3;. The van der Waals surface area contributed by atoms with Gasteiger partial charge in [-0.25, -0.2) is 0 Å². The monoisotopic (exact) mass is 245 g/mol. The summed E-state index contributed by atoms with van der Waals surface area (Å²) in [5.74, 6) is 0. The van der Waals surface area contributed by atoms with Crippen LogP contribution in [-0.2, 0) is 38.8 Å². The molecule has 0 amide bonds. The Balaban J connectivity index is 0. The fourth-order valence-corrected chi connectivity index (χ4v) is 1.50. The Hall–Kier alpha value is 0.00338.